The molecule has 0 unspecified atom stereocenters. The Morgan fingerprint density at radius 3 is 1.31 bits per heavy atom. The summed E-state index contributed by atoms with van der Waals surface area (Å²) >= 11 is 1.77. The second kappa shape index (κ2) is 23.7. The van der Waals surface area contributed by atoms with Gasteiger partial charge < -0.3 is 4.79 Å². The molecule has 3 aromatic rings. The fourth-order valence-corrected chi connectivity index (χ4v) is 2.34. The minimum absolute atomic E-state index is 0.258. The van der Waals surface area contributed by atoms with E-state index in [0.29, 0.717) is 6.42 Å². The van der Waals surface area contributed by atoms with Crippen molar-refractivity contribution in [2.24, 2.45) is 0 Å². The van der Waals surface area contributed by atoms with Crippen molar-refractivity contribution in [2.75, 3.05) is 6.26 Å². The van der Waals surface area contributed by atoms with Crippen molar-refractivity contribution < 1.29 is 4.79 Å². The number of carbonyl (C=O) groups excluding carboxylic acids is 1. The first kappa shape index (κ1) is 28.9. The van der Waals surface area contributed by atoms with Gasteiger partial charge in [0.05, 0.1) is 0 Å². The topological polar surface area (TPSA) is 17.1 Å². The minimum atomic E-state index is 0.258. The molecule has 0 bridgehead atoms. The molecule has 3 aromatic carbocycles. The third-order valence-electron chi connectivity index (χ3n) is 3.25. The lowest BCUT2D eigenvalue weighted by Crippen LogP contribution is -1.92. The second-order valence-electron chi connectivity index (χ2n) is 5.36. The van der Waals surface area contributed by atoms with Crippen molar-refractivity contribution in [1.82, 2.24) is 0 Å². The van der Waals surface area contributed by atoms with E-state index in [4.69, 9.17) is 0 Å². The predicted molar refractivity (Wildman–Crippen MR) is 133 cm³/mol. The Hall–Kier alpha value is -2.32. The summed E-state index contributed by atoms with van der Waals surface area (Å²) in [5.41, 5.74) is 1.24. The smallest absolute Gasteiger partial charge is 0.130 e. The number of hydrogen-bond acceptors (Lipinski definition) is 2. The summed E-state index contributed by atoms with van der Waals surface area (Å²) in [6, 6.07) is 32.4. The zero-order valence-electron chi connectivity index (χ0n) is 19.0. The summed E-state index contributed by atoms with van der Waals surface area (Å²) in [6.07, 6.45) is 3.61. The van der Waals surface area contributed by atoms with Crippen LogP contribution in [0.15, 0.2) is 102 Å². The molecule has 0 amide bonds. The van der Waals surface area contributed by atoms with Gasteiger partial charge >= 0.3 is 0 Å². The molecule has 0 N–H and O–H groups in total. The highest BCUT2D eigenvalue weighted by molar-refractivity contribution is 7.98. The van der Waals surface area contributed by atoms with Crippen molar-refractivity contribution in [2.45, 2.75) is 52.4 Å². The molecule has 0 atom stereocenters. The van der Waals surface area contributed by atoms with Crippen LogP contribution in [0.3, 0.4) is 0 Å². The first-order chi connectivity index (χ1) is 14.2. The quantitative estimate of drug-likeness (QED) is 0.402. The zero-order chi connectivity index (χ0) is 22.2. The molecule has 0 spiro atoms. The minimum Gasteiger partial charge on any atom is -0.300 e. The maximum Gasteiger partial charge on any atom is 0.130 e. The lowest BCUT2D eigenvalue weighted by atomic mass is 10.1. The summed E-state index contributed by atoms with van der Waals surface area (Å²) in [5.74, 6) is 0.258. The number of Topliss-reactive ketones (excluding diaryl/α,β-unsaturated/α-hetero) is 1. The van der Waals surface area contributed by atoms with Gasteiger partial charge in [-0.15, -0.1) is 11.8 Å². The lowest BCUT2D eigenvalue weighted by Gasteiger charge is -1.96. The molecule has 29 heavy (non-hydrogen) atoms. The summed E-state index contributed by atoms with van der Waals surface area (Å²) in [4.78, 5) is 11.9. The van der Waals surface area contributed by atoms with Crippen LogP contribution in [0.5, 0.6) is 0 Å². The Morgan fingerprint density at radius 2 is 1.00 bits per heavy atom. The first-order valence-corrected chi connectivity index (χ1v) is 11.6. The maximum absolute atomic E-state index is 10.6. The van der Waals surface area contributed by atoms with Crippen molar-refractivity contribution in [3.05, 3.63) is 103 Å². The second-order valence-corrected chi connectivity index (χ2v) is 6.24. The number of benzene rings is 3. The lowest BCUT2D eigenvalue weighted by molar-refractivity contribution is -0.116. The van der Waals surface area contributed by atoms with E-state index in [1.807, 2.05) is 113 Å². The monoisotopic (exact) mass is 410 g/mol. The molecule has 0 aromatic heterocycles. The van der Waals surface area contributed by atoms with Gasteiger partial charge in [0.15, 0.2) is 0 Å². The van der Waals surface area contributed by atoms with Crippen molar-refractivity contribution in [3.8, 4) is 0 Å². The highest BCUT2D eigenvalue weighted by Gasteiger charge is 1.94. The number of aryl methyl sites for hydroxylation is 1. The third-order valence-corrected chi connectivity index (χ3v) is 4.00. The fourth-order valence-electron chi connectivity index (χ4n) is 1.91. The van der Waals surface area contributed by atoms with Gasteiger partial charge in [-0.2, -0.15) is 0 Å². The molecule has 2 heteroatoms. The van der Waals surface area contributed by atoms with E-state index in [-0.39, 0.29) is 5.78 Å². The molecule has 0 heterocycles. The van der Waals surface area contributed by atoms with E-state index in [0.717, 1.165) is 6.42 Å². The summed E-state index contributed by atoms with van der Waals surface area (Å²) in [6.45, 7) is 9.63. The van der Waals surface area contributed by atoms with Crippen LogP contribution in [0.25, 0.3) is 0 Å². The van der Waals surface area contributed by atoms with Crippen LogP contribution >= 0.6 is 11.8 Å². The van der Waals surface area contributed by atoms with Crippen LogP contribution in [-0.4, -0.2) is 12.0 Å². The largest absolute Gasteiger partial charge is 0.300 e. The molecule has 0 radical (unpaired) electrons. The molecule has 0 fully saturated rings. The average Bonchev–Trinajstić information content (AvgIpc) is 2.83. The summed E-state index contributed by atoms with van der Waals surface area (Å²) < 4.78 is 0. The van der Waals surface area contributed by atoms with Crippen molar-refractivity contribution >= 4 is 17.5 Å². The van der Waals surface area contributed by atoms with E-state index in [1.54, 1.807) is 18.7 Å². The van der Waals surface area contributed by atoms with Gasteiger partial charge in [0, 0.05) is 11.3 Å². The Kier molecular flexibility index (Phi) is 23.6. The van der Waals surface area contributed by atoms with Crippen LogP contribution in [0.2, 0.25) is 0 Å². The number of thioether (sulfide) groups is 1. The molecule has 0 aliphatic carbocycles. The van der Waals surface area contributed by atoms with E-state index >= 15 is 0 Å². The Labute approximate surface area is 183 Å². The van der Waals surface area contributed by atoms with Crippen LogP contribution in [-0.2, 0) is 11.2 Å². The highest BCUT2D eigenvalue weighted by Crippen LogP contribution is 2.11. The molecule has 0 saturated carbocycles. The Bertz CT molecular complexity index is 640. The molecule has 3 rings (SSSR count). The predicted octanol–water partition coefficient (Wildman–Crippen LogP) is 8.36. The standard InChI is InChI=1S/C10H12O.C7H8S.C6H6.2C2H6/c1-9(11)7-8-10-5-3-2-4-6-10;1-8-7-5-3-2-4-6-7;1-2-4-6-5-3-1;2*1-2/h2-6H,7-8H2,1H3;2-6H,1H3;1-6H;2*1-2H3. The average molecular weight is 411 g/mol. The van der Waals surface area contributed by atoms with E-state index < -0.39 is 0 Å². The van der Waals surface area contributed by atoms with Gasteiger partial charge in [-0.3, -0.25) is 0 Å². The molecule has 0 aliphatic rings. The van der Waals surface area contributed by atoms with Gasteiger partial charge in [-0.05, 0) is 37.3 Å². The first-order valence-electron chi connectivity index (χ1n) is 10.3. The van der Waals surface area contributed by atoms with Gasteiger partial charge in [0.25, 0.3) is 0 Å². The SMILES string of the molecule is CC.CC.CC(=O)CCc1ccccc1.CSc1ccccc1.c1ccccc1. The van der Waals surface area contributed by atoms with Crippen LogP contribution in [0.4, 0.5) is 0 Å². The van der Waals surface area contributed by atoms with E-state index in [2.05, 4.69) is 18.4 Å². The number of rotatable bonds is 4. The molecule has 1 nitrogen and oxygen atoms in total. The molecule has 0 aliphatic heterocycles. The van der Waals surface area contributed by atoms with Crippen LogP contribution in [0.1, 0.15) is 46.6 Å². The summed E-state index contributed by atoms with van der Waals surface area (Å²) in [5, 5.41) is 0. The number of hydrogen-bond donors (Lipinski definition) is 0. The normalized spacial score (nSPS) is 8.21. The Balaban J connectivity index is 0. The summed E-state index contributed by atoms with van der Waals surface area (Å²) in [7, 11) is 0. The van der Waals surface area contributed by atoms with Gasteiger partial charge in [-0.25, -0.2) is 0 Å². The van der Waals surface area contributed by atoms with Crippen molar-refractivity contribution in [1.29, 1.82) is 0 Å². The maximum atomic E-state index is 10.6. The van der Waals surface area contributed by atoms with Crippen molar-refractivity contribution in [3.63, 3.8) is 0 Å². The van der Waals surface area contributed by atoms with Gasteiger partial charge in [0.1, 0.15) is 5.78 Å². The number of carbonyl (C=O) groups is 1. The van der Waals surface area contributed by atoms with Crippen LogP contribution < -0.4 is 0 Å². The highest BCUT2D eigenvalue weighted by atomic mass is 32.2. The Morgan fingerprint density at radius 1 is 0.655 bits per heavy atom. The zero-order valence-corrected chi connectivity index (χ0v) is 19.8. The fraction of sp³-hybridized carbons (Fsp3) is 0.296. The van der Waals surface area contributed by atoms with Gasteiger partial charge in [0.2, 0.25) is 0 Å². The molecular weight excluding hydrogens is 372 g/mol. The third kappa shape index (κ3) is 20.2. The molecular formula is C27H38OS. The van der Waals surface area contributed by atoms with Gasteiger partial charge in [-0.1, -0.05) is 113 Å². The van der Waals surface area contributed by atoms with Crippen LogP contribution in [0, 0.1) is 0 Å². The van der Waals surface area contributed by atoms with E-state index in [9.17, 15) is 4.79 Å². The number of ketones is 1. The molecule has 0 saturated heterocycles. The molecule has 158 valence electrons. The van der Waals surface area contributed by atoms with E-state index in [1.165, 1.54) is 10.5 Å².